The second kappa shape index (κ2) is 6.81. The Morgan fingerprint density at radius 2 is 2.25 bits per heavy atom. The van der Waals surface area contributed by atoms with Crippen LogP contribution in [0, 0.1) is 0 Å². The molecule has 0 aromatic carbocycles. The maximum absolute atomic E-state index is 12.2. The molecule has 0 saturated carbocycles. The van der Waals surface area contributed by atoms with Crippen LogP contribution < -0.4 is 5.32 Å². The number of carbonyl (C=O) groups is 1. The van der Waals surface area contributed by atoms with Gasteiger partial charge in [-0.25, -0.2) is 9.97 Å². The summed E-state index contributed by atoms with van der Waals surface area (Å²) in [7, 11) is 1.76. The monoisotopic (exact) mass is 354 g/mol. The highest BCUT2D eigenvalue weighted by Gasteiger charge is 2.14. The summed E-state index contributed by atoms with van der Waals surface area (Å²) in [6.07, 6.45) is 3.08. The van der Waals surface area contributed by atoms with Crippen molar-refractivity contribution in [1.29, 1.82) is 0 Å². The molecule has 20 heavy (non-hydrogen) atoms. The highest BCUT2D eigenvalue weighted by atomic mass is 79.9. The van der Waals surface area contributed by atoms with Gasteiger partial charge < -0.3 is 10.2 Å². The average Bonchev–Trinajstić information content (AvgIpc) is 2.84. The molecule has 0 aliphatic carbocycles. The Kier molecular flexibility index (Phi) is 5.08. The van der Waals surface area contributed by atoms with E-state index in [4.69, 9.17) is 0 Å². The topological polar surface area (TPSA) is 58.1 Å². The van der Waals surface area contributed by atoms with Crippen molar-refractivity contribution in [2.24, 2.45) is 0 Å². The van der Waals surface area contributed by atoms with Crippen molar-refractivity contribution in [2.75, 3.05) is 18.9 Å². The molecule has 0 spiro atoms. The van der Waals surface area contributed by atoms with Gasteiger partial charge in [0.05, 0.1) is 16.2 Å². The van der Waals surface area contributed by atoms with Gasteiger partial charge in [0.25, 0.3) is 5.91 Å². The molecule has 0 aliphatic rings. The average molecular weight is 355 g/mol. The molecule has 0 bridgehead atoms. The number of rotatable bonds is 5. The molecule has 0 atom stereocenters. The van der Waals surface area contributed by atoms with Crippen molar-refractivity contribution in [3.8, 4) is 0 Å². The molecule has 5 nitrogen and oxygen atoms in total. The third-order valence-electron chi connectivity index (χ3n) is 2.62. The minimum atomic E-state index is -0.136. The number of nitrogens with one attached hydrogen (secondary N) is 1. The SMILES string of the molecule is CCNc1cnc(C(=O)N(C)Cc2csc(Br)c2)cn1. The maximum Gasteiger partial charge on any atom is 0.274 e. The molecular weight excluding hydrogens is 340 g/mol. The number of thiophene rings is 1. The van der Waals surface area contributed by atoms with Crippen molar-refractivity contribution in [3.63, 3.8) is 0 Å². The molecule has 0 aliphatic heterocycles. The van der Waals surface area contributed by atoms with Crippen molar-refractivity contribution >= 4 is 39.0 Å². The van der Waals surface area contributed by atoms with E-state index in [0.717, 1.165) is 15.9 Å². The van der Waals surface area contributed by atoms with E-state index >= 15 is 0 Å². The molecule has 2 rings (SSSR count). The Balaban J connectivity index is 2.02. The summed E-state index contributed by atoms with van der Waals surface area (Å²) in [5, 5.41) is 5.06. The summed E-state index contributed by atoms with van der Waals surface area (Å²) in [5.41, 5.74) is 1.44. The number of hydrogen-bond acceptors (Lipinski definition) is 5. The fourth-order valence-corrected chi connectivity index (χ4v) is 2.88. The molecule has 2 aromatic heterocycles. The van der Waals surface area contributed by atoms with E-state index in [9.17, 15) is 4.79 Å². The highest BCUT2D eigenvalue weighted by molar-refractivity contribution is 9.11. The standard InChI is InChI=1S/C13H15BrN4OS/c1-3-15-12-6-16-10(5-17-12)13(19)18(2)7-9-4-11(14)20-8-9/h4-6,8H,3,7H2,1-2H3,(H,15,17). The number of nitrogens with zero attached hydrogens (tertiary/aromatic N) is 3. The highest BCUT2D eigenvalue weighted by Crippen LogP contribution is 2.21. The smallest absolute Gasteiger partial charge is 0.274 e. The number of aromatic nitrogens is 2. The van der Waals surface area contributed by atoms with Crippen LogP contribution >= 0.6 is 27.3 Å². The van der Waals surface area contributed by atoms with Gasteiger partial charge >= 0.3 is 0 Å². The number of hydrogen-bond donors (Lipinski definition) is 1. The quantitative estimate of drug-likeness (QED) is 0.896. The molecule has 1 N–H and O–H groups in total. The first kappa shape index (κ1) is 14.9. The zero-order chi connectivity index (χ0) is 14.5. The Hall–Kier alpha value is -1.47. The Morgan fingerprint density at radius 3 is 2.80 bits per heavy atom. The molecule has 0 fully saturated rings. The van der Waals surface area contributed by atoms with Gasteiger partial charge in [0.15, 0.2) is 0 Å². The largest absolute Gasteiger partial charge is 0.369 e. The molecule has 0 unspecified atom stereocenters. The first-order chi connectivity index (χ1) is 9.60. The Bertz CT molecular complexity index is 584. The summed E-state index contributed by atoms with van der Waals surface area (Å²) in [6.45, 7) is 3.31. The maximum atomic E-state index is 12.2. The molecule has 2 aromatic rings. The number of carbonyl (C=O) groups excluding carboxylic acids is 1. The third-order valence-corrected chi connectivity index (χ3v) is 4.17. The van der Waals surface area contributed by atoms with Crippen LogP contribution in [0.3, 0.4) is 0 Å². The van der Waals surface area contributed by atoms with Crippen LogP contribution in [0.4, 0.5) is 5.82 Å². The van der Waals surface area contributed by atoms with Crippen molar-refractivity contribution in [2.45, 2.75) is 13.5 Å². The first-order valence-corrected chi connectivity index (χ1v) is 7.81. The van der Waals surface area contributed by atoms with Crippen LogP contribution in [0.1, 0.15) is 23.0 Å². The van der Waals surface area contributed by atoms with E-state index in [0.29, 0.717) is 18.1 Å². The van der Waals surface area contributed by atoms with E-state index in [-0.39, 0.29) is 5.91 Å². The van der Waals surface area contributed by atoms with Crippen molar-refractivity contribution in [3.05, 3.63) is 38.9 Å². The van der Waals surface area contributed by atoms with Gasteiger partial charge in [-0.3, -0.25) is 4.79 Å². The summed E-state index contributed by atoms with van der Waals surface area (Å²) in [6, 6.07) is 2.01. The molecule has 1 amide bonds. The normalized spacial score (nSPS) is 10.3. The van der Waals surface area contributed by atoms with Gasteiger partial charge in [-0.1, -0.05) is 0 Å². The zero-order valence-corrected chi connectivity index (χ0v) is 13.7. The minimum Gasteiger partial charge on any atom is -0.369 e. The summed E-state index contributed by atoms with van der Waals surface area (Å²) >= 11 is 5.02. The van der Waals surface area contributed by atoms with E-state index in [1.165, 1.54) is 6.20 Å². The van der Waals surface area contributed by atoms with Crippen LogP contribution in [0.25, 0.3) is 0 Å². The van der Waals surface area contributed by atoms with Crippen molar-refractivity contribution in [1.82, 2.24) is 14.9 Å². The molecular formula is C13H15BrN4OS. The fourth-order valence-electron chi connectivity index (χ4n) is 1.68. The van der Waals surface area contributed by atoms with E-state index in [2.05, 4.69) is 31.2 Å². The summed E-state index contributed by atoms with van der Waals surface area (Å²) in [4.78, 5) is 22.1. The lowest BCUT2D eigenvalue weighted by molar-refractivity contribution is 0.0779. The fraction of sp³-hybridized carbons (Fsp3) is 0.308. The van der Waals surface area contributed by atoms with E-state index in [1.54, 1.807) is 29.5 Å². The predicted octanol–water partition coefficient (Wildman–Crippen LogP) is 3.00. The van der Waals surface area contributed by atoms with Crippen LogP contribution in [-0.2, 0) is 6.54 Å². The molecule has 7 heteroatoms. The van der Waals surface area contributed by atoms with Crippen LogP contribution in [-0.4, -0.2) is 34.4 Å². The van der Waals surface area contributed by atoms with Gasteiger partial charge in [-0.05, 0) is 39.9 Å². The zero-order valence-electron chi connectivity index (χ0n) is 11.3. The summed E-state index contributed by atoms with van der Waals surface area (Å²) < 4.78 is 1.06. The van der Waals surface area contributed by atoms with Crippen LogP contribution in [0.2, 0.25) is 0 Å². The van der Waals surface area contributed by atoms with Gasteiger partial charge in [0.2, 0.25) is 0 Å². The van der Waals surface area contributed by atoms with Crippen molar-refractivity contribution < 1.29 is 4.79 Å². The number of anilines is 1. The van der Waals surface area contributed by atoms with E-state index in [1.807, 2.05) is 18.4 Å². The van der Waals surface area contributed by atoms with Gasteiger partial charge in [-0.15, -0.1) is 11.3 Å². The molecule has 0 saturated heterocycles. The Morgan fingerprint density at radius 1 is 1.45 bits per heavy atom. The molecule has 2 heterocycles. The number of amides is 1. The summed E-state index contributed by atoms with van der Waals surface area (Å²) in [5.74, 6) is 0.538. The predicted molar refractivity (Wildman–Crippen MR) is 84.0 cm³/mol. The van der Waals surface area contributed by atoms with Crippen LogP contribution in [0.5, 0.6) is 0 Å². The number of halogens is 1. The molecule has 106 valence electrons. The van der Waals surface area contributed by atoms with Gasteiger partial charge in [-0.2, -0.15) is 0 Å². The minimum absolute atomic E-state index is 0.136. The lowest BCUT2D eigenvalue weighted by Crippen LogP contribution is -2.27. The van der Waals surface area contributed by atoms with Gasteiger partial charge in [0.1, 0.15) is 11.5 Å². The lowest BCUT2D eigenvalue weighted by atomic mass is 10.3. The molecule has 0 radical (unpaired) electrons. The van der Waals surface area contributed by atoms with Gasteiger partial charge in [0, 0.05) is 20.1 Å². The Labute approximate surface area is 130 Å². The first-order valence-electron chi connectivity index (χ1n) is 6.14. The third kappa shape index (κ3) is 3.77. The lowest BCUT2D eigenvalue weighted by Gasteiger charge is -2.15. The second-order valence-electron chi connectivity index (χ2n) is 4.24. The van der Waals surface area contributed by atoms with E-state index < -0.39 is 0 Å². The second-order valence-corrected chi connectivity index (χ2v) is 6.53. The van der Waals surface area contributed by atoms with Crippen LogP contribution in [0.15, 0.2) is 27.6 Å².